The number of pyridine rings is 1. The predicted octanol–water partition coefficient (Wildman–Crippen LogP) is 4.47. The predicted molar refractivity (Wildman–Crippen MR) is 137 cm³/mol. The van der Waals surface area contributed by atoms with Crippen LogP contribution in [0.25, 0.3) is 0 Å². The first-order chi connectivity index (χ1) is 17.3. The molecule has 1 aromatic heterocycles. The third kappa shape index (κ3) is 4.47. The van der Waals surface area contributed by atoms with Crippen molar-refractivity contribution in [2.24, 2.45) is 5.92 Å². The van der Waals surface area contributed by atoms with Crippen molar-refractivity contribution in [2.45, 2.75) is 56.0 Å². The average molecular weight is 494 g/mol. The molecule has 3 amide bonds. The number of hydrogen-bond donors (Lipinski definition) is 1. The summed E-state index contributed by atoms with van der Waals surface area (Å²) in [6.07, 6.45) is 8.61. The van der Waals surface area contributed by atoms with Crippen LogP contribution >= 0.6 is 0 Å². The lowest BCUT2D eigenvalue weighted by atomic mass is 9.68. The zero-order valence-electron chi connectivity index (χ0n) is 21.3. The molecule has 3 fully saturated rings. The summed E-state index contributed by atoms with van der Waals surface area (Å²) in [6.45, 7) is 1.18. The first-order valence-corrected chi connectivity index (χ1v) is 13.0. The number of halogens is 1. The Hall–Kier alpha value is -3.00. The van der Waals surface area contributed by atoms with Crippen LogP contribution in [0.2, 0.25) is 0 Å². The molecule has 1 N–H and O–H groups in total. The van der Waals surface area contributed by atoms with Crippen molar-refractivity contribution in [2.75, 3.05) is 39.0 Å². The lowest BCUT2D eigenvalue weighted by Gasteiger charge is -2.51. The topological polar surface area (TPSA) is 68.8 Å². The highest BCUT2D eigenvalue weighted by molar-refractivity contribution is 5.94. The maximum Gasteiger partial charge on any atom is 0.321 e. The molecule has 3 aliphatic rings. The molecule has 2 aromatic rings. The van der Waals surface area contributed by atoms with Gasteiger partial charge < -0.3 is 15.1 Å². The monoisotopic (exact) mass is 493 g/mol. The molecule has 1 saturated heterocycles. The van der Waals surface area contributed by atoms with E-state index in [9.17, 15) is 14.0 Å². The quantitative estimate of drug-likeness (QED) is 0.618. The van der Waals surface area contributed by atoms with E-state index in [0.29, 0.717) is 12.5 Å². The van der Waals surface area contributed by atoms with Gasteiger partial charge in [-0.2, -0.15) is 0 Å². The van der Waals surface area contributed by atoms with Gasteiger partial charge in [0.25, 0.3) is 0 Å². The Kier molecular flexibility index (Phi) is 6.72. The molecule has 0 unspecified atom stereocenters. The third-order valence-corrected chi connectivity index (χ3v) is 8.75. The summed E-state index contributed by atoms with van der Waals surface area (Å²) in [5, 5.41) is 2.53. The highest BCUT2D eigenvalue weighted by Crippen LogP contribution is 2.49. The molecule has 1 aliphatic heterocycles. The summed E-state index contributed by atoms with van der Waals surface area (Å²) in [4.78, 5) is 36.4. The van der Waals surface area contributed by atoms with Crippen LogP contribution in [0.15, 0.2) is 48.7 Å². The van der Waals surface area contributed by atoms with Gasteiger partial charge in [-0.1, -0.05) is 36.8 Å². The van der Waals surface area contributed by atoms with Gasteiger partial charge in [-0.3, -0.25) is 9.69 Å². The molecular weight excluding hydrogens is 457 g/mol. The van der Waals surface area contributed by atoms with Crippen molar-refractivity contribution in [3.63, 3.8) is 0 Å². The Morgan fingerprint density at radius 3 is 2.44 bits per heavy atom. The number of benzene rings is 1. The zero-order valence-corrected chi connectivity index (χ0v) is 21.3. The van der Waals surface area contributed by atoms with Crippen molar-refractivity contribution < 1.29 is 14.0 Å². The van der Waals surface area contributed by atoms with Crippen molar-refractivity contribution in [3.05, 3.63) is 60.0 Å². The van der Waals surface area contributed by atoms with Crippen molar-refractivity contribution in [3.8, 4) is 0 Å². The lowest BCUT2D eigenvalue weighted by Crippen LogP contribution is -2.56. The first-order valence-electron chi connectivity index (χ1n) is 13.0. The molecule has 192 valence electrons. The molecule has 0 bridgehead atoms. The van der Waals surface area contributed by atoms with Gasteiger partial charge in [0.2, 0.25) is 5.91 Å². The average Bonchev–Trinajstić information content (AvgIpc) is 3.08. The number of hydrogen-bond acceptors (Lipinski definition) is 4. The third-order valence-electron chi connectivity index (χ3n) is 8.75. The molecule has 36 heavy (non-hydrogen) atoms. The summed E-state index contributed by atoms with van der Waals surface area (Å²) in [5.41, 5.74) is 0.963. The molecule has 2 aliphatic carbocycles. The van der Waals surface area contributed by atoms with E-state index >= 15 is 0 Å². The minimum atomic E-state index is -0.588. The Morgan fingerprint density at radius 2 is 1.83 bits per heavy atom. The Morgan fingerprint density at radius 1 is 1.11 bits per heavy atom. The van der Waals surface area contributed by atoms with E-state index in [0.717, 1.165) is 45.1 Å². The van der Waals surface area contributed by atoms with Crippen LogP contribution in [-0.4, -0.2) is 70.9 Å². The van der Waals surface area contributed by atoms with Gasteiger partial charge in [0, 0.05) is 24.8 Å². The molecule has 2 saturated carbocycles. The first kappa shape index (κ1) is 24.7. The Bertz CT molecular complexity index is 1100. The van der Waals surface area contributed by atoms with Crippen LogP contribution < -0.4 is 5.32 Å². The number of aromatic nitrogens is 1. The molecule has 1 spiro atoms. The number of anilines is 1. The smallest absolute Gasteiger partial charge is 0.317 e. The molecular formula is C28H36FN5O2. The molecule has 0 radical (unpaired) electrons. The summed E-state index contributed by atoms with van der Waals surface area (Å²) < 4.78 is 14.0. The number of amides is 3. The second kappa shape index (κ2) is 9.81. The van der Waals surface area contributed by atoms with Crippen LogP contribution in [0.4, 0.5) is 15.0 Å². The minimum absolute atomic E-state index is 0.0704. The second-order valence-electron chi connectivity index (χ2n) is 10.9. The molecule has 2 heterocycles. The van der Waals surface area contributed by atoms with E-state index in [1.54, 1.807) is 4.90 Å². The standard InChI is InChI=1S/C28H36FN5O2/c1-32(2)28(22-10-4-3-5-11-22)15-13-27(14-16-28)20-33(26(36)34(27)18-21-8-6-9-21)19-24(35)31-25-23(29)12-7-17-30-25/h3-5,7,10-12,17,21H,6,8-9,13-16,18-20H2,1-2H3,(H,30,31,35)/t27-,28-. The maximum absolute atomic E-state index is 14.0. The van der Waals surface area contributed by atoms with Crippen LogP contribution in [0.1, 0.15) is 50.5 Å². The van der Waals surface area contributed by atoms with Gasteiger partial charge in [-0.05, 0) is 76.2 Å². The number of urea groups is 1. The van der Waals surface area contributed by atoms with E-state index in [-0.39, 0.29) is 29.5 Å². The Balaban J connectivity index is 1.35. The molecule has 5 rings (SSSR count). The lowest BCUT2D eigenvalue weighted by molar-refractivity contribution is -0.116. The van der Waals surface area contributed by atoms with E-state index < -0.39 is 11.7 Å². The minimum Gasteiger partial charge on any atom is -0.317 e. The zero-order chi connectivity index (χ0) is 25.3. The van der Waals surface area contributed by atoms with E-state index in [2.05, 4.69) is 58.5 Å². The van der Waals surface area contributed by atoms with Gasteiger partial charge in [0.05, 0.1) is 5.54 Å². The fourth-order valence-corrected chi connectivity index (χ4v) is 6.33. The van der Waals surface area contributed by atoms with Crippen LogP contribution in [0, 0.1) is 11.7 Å². The summed E-state index contributed by atoms with van der Waals surface area (Å²) in [6, 6.07) is 13.3. The molecule has 0 atom stereocenters. The fourth-order valence-electron chi connectivity index (χ4n) is 6.33. The number of carbonyl (C=O) groups excluding carboxylic acids is 2. The fraction of sp³-hybridized carbons (Fsp3) is 0.536. The van der Waals surface area contributed by atoms with Gasteiger partial charge in [0.15, 0.2) is 11.6 Å². The summed E-state index contributed by atoms with van der Waals surface area (Å²) >= 11 is 0. The van der Waals surface area contributed by atoms with Gasteiger partial charge >= 0.3 is 6.03 Å². The van der Waals surface area contributed by atoms with E-state index in [1.807, 2.05) is 6.07 Å². The van der Waals surface area contributed by atoms with Crippen molar-refractivity contribution in [1.29, 1.82) is 0 Å². The van der Waals surface area contributed by atoms with Crippen molar-refractivity contribution in [1.82, 2.24) is 19.7 Å². The summed E-state index contributed by atoms with van der Waals surface area (Å²) in [5.74, 6) is -0.581. The second-order valence-corrected chi connectivity index (χ2v) is 10.9. The maximum atomic E-state index is 14.0. The van der Waals surface area contributed by atoms with E-state index in [4.69, 9.17) is 0 Å². The SMILES string of the molecule is CN(C)[C@]1(c2ccccc2)CC[C@@]2(CC1)CN(CC(=O)Nc1ncccc1F)C(=O)N2CC1CCC1. The van der Waals surface area contributed by atoms with E-state index in [1.165, 1.54) is 30.3 Å². The number of nitrogens with one attached hydrogen (secondary N) is 1. The highest BCUT2D eigenvalue weighted by Gasteiger charge is 2.55. The summed E-state index contributed by atoms with van der Waals surface area (Å²) in [7, 11) is 4.29. The van der Waals surface area contributed by atoms with Gasteiger partial charge in [0.1, 0.15) is 6.54 Å². The van der Waals surface area contributed by atoms with Gasteiger partial charge in [-0.15, -0.1) is 0 Å². The highest BCUT2D eigenvalue weighted by atomic mass is 19.1. The van der Waals surface area contributed by atoms with Crippen LogP contribution in [0.3, 0.4) is 0 Å². The largest absolute Gasteiger partial charge is 0.321 e. The van der Waals surface area contributed by atoms with Crippen LogP contribution in [0.5, 0.6) is 0 Å². The molecule has 8 heteroatoms. The Labute approximate surface area is 212 Å². The number of carbonyl (C=O) groups is 2. The number of rotatable bonds is 7. The molecule has 1 aromatic carbocycles. The normalized spacial score (nSPS) is 26.5. The van der Waals surface area contributed by atoms with Crippen LogP contribution in [-0.2, 0) is 10.3 Å². The molecule has 7 nitrogen and oxygen atoms in total. The number of nitrogens with zero attached hydrogens (tertiary/aromatic N) is 4. The van der Waals surface area contributed by atoms with Gasteiger partial charge in [-0.25, -0.2) is 14.2 Å². The van der Waals surface area contributed by atoms with Crippen molar-refractivity contribution >= 4 is 17.8 Å².